The van der Waals surface area contributed by atoms with Crippen molar-refractivity contribution in [3.63, 3.8) is 0 Å². The fourth-order valence-corrected chi connectivity index (χ4v) is 3.14. The van der Waals surface area contributed by atoms with Crippen LogP contribution < -0.4 is 0 Å². The highest BCUT2D eigenvalue weighted by Crippen LogP contribution is 2.38. The van der Waals surface area contributed by atoms with E-state index in [0.29, 0.717) is 5.92 Å². The van der Waals surface area contributed by atoms with E-state index in [4.69, 9.17) is 16.6 Å². The van der Waals surface area contributed by atoms with Crippen LogP contribution in [0.4, 0.5) is 0 Å². The zero-order valence-electron chi connectivity index (χ0n) is 11.9. The van der Waals surface area contributed by atoms with E-state index in [9.17, 15) is 0 Å². The third-order valence-corrected chi connectivity index (χ3v) is 4.45. The molecule has 19 heavy (non-hydrogen) atoms. The van der Waals surface area contributed by atoms with Crippen LogP contribution in [0, 0.1) is 18.8 Å². The maximum absolute atomic E-state index is 6.33. The van der Waals surface area contributed by atoms with Crippen LogP contribution in [0.15, 0.2) is 18.2 Å². The van der Waals surface area contributed by atoms with Crippen molar-refractivity contribution in [3.8, 4) is 0 Å². The van der Waals surface area contributed by atoms with Gasteiger partial charge < -0.3 is 4.57 Å². The lowest BCUT2D eigenvalue weighted by Gasteiger charge is -2.16. The van der Waals surface area contributed by atoms with Crippen LogP contribution >= 0.6 is 11.6 Å². The molecule has 2 nitrogen and oxygen atoms in total. The second-order valence-corrected chi connectivity index (χ2v) is 6.61. The Morgan fingerprint density at radius 1 is 1.37 bits per heavy atom. The summed E-state index contributed by atoms with van der Waals surface area (Å²) in [6, 6.07) is 6.32. The first kappa shape index (κ1) is 13.0. The Bertz CT molecular complexity index is 596. The van der Waals surface area contributed by atoms with Gasteiger partial charge in [-0.1, -0.05) is 19.1 Å². The lowest BCUT2D eigenvalue weighted by molar-refractivity contribution is 0.428. The molecular formula is C16H21ClN2. The van der Waals surface area contributed by atoms with Crippen molar-refractivity contribution >= 4 is 22.6 Å². The lowest BCUT2D eigenvalue weighted by atomic mass is 10.1. The highest BCUT2D eigenvalue weighted by molar-refractivity contribution is 6.20. The Labute approximate surface area is 119 Å². The van der Waals surface area contributed by atoms with Crippen LogP contribution in [-0.4, -0.2) is 9.55 Å². The summed E-state index contributed by atoms with van der Waals surface area (Å²) < 4.78 is 2.35. The average molecular weight is 277 g/mol. The first-order valence-corrected chi connectivity index (χ1v) is 7.61. The summed E-state index contributed by atoms with van der Waals surface area (Å²) in [5.41, 5.74) is 3.62. The molecule has 0 spiro atoms. The molecule has 3 heteroatoms. The molecule has 2 unspecified atom stereocenters. The van der Waals surface area contributed by atoms with E-state index >= 15 is 0 Å². The molecule has 3 rings (SSSR count). The van der Waals surface area contributed by atoms with Crippen molar-refractivity contribution in [1.29, 1.82) is 0 Å². The van der Waals surface area contributed by atoms with Crippen LogP contribution in [0.1, 0.15) is 43.5 Å². The predicted molar refractivity (Wildman–Crippen MR) is 80.6 cm³/mol. The molecule has 1 aliphatic carbocycles. The number of aromatic nitrogens is 2. The van der Waals surface area contributed by atoms with Gasteiger partial charge in [-0.05, 0) is 50.2 Å². The van der Waals surface area contributed by atoms with E-state index < -0.39 is 0 Å². The molecule has 0 saturated heterocycles. The first-order valence-electron chi connectivity index (χ1n) is 7.17. The Hall–Kier alpha value is -1.02. The number of nitrogens with zero attached hydrogens (tertiary/aromatic N) is 2. The largest absolute Gasteiger partial charge is 0.326 e. The molecule has 0 aliphatic heterocycles. The Morgan fingerprint density at radius 3 is 2.74 bits per heavy atom. The summed E-state index contributed by atoms with van der Waals surface area (Å²) in [6.07, 6.45) is 2.77. The smallest absolute Gasteiger partial charge is 0.127 e. The predicted octanol–water partition coefficient (Wildman–Crippen LogP) is 4.69. The van der Waals surface area contributed by atoms with E-state index in [-0.39, 0.29) is 5.38 Å². The van der Waals surface area contributed by atoms with Crippen LogP contribution in [0.25, 0.3) is 11.0 Å². The Kier molecular flexibility index (Phi) is 3.30. The van der Waals surface area contributed by atoms with E-state index in [0.717, 1.165) is 23.8 Å². The van der Waals surface area contributed by atoms with Gasteiger partial charge in [0.25, 0.3) is 0 Å². The standard InChI is InChI=1S/C16H21ClN2/c1-10-5-4-6-14-15(10)19(16(18-14)12(3)17)9-11(2)13-7-8-13/h4-6,11-13H,7-9H2,1-3H3. The third-order valence-electron chi connectivity index (χ3n) is 4.25. The molecule has 1 aromatic carbocycles. The number of rotatable bonds is 4. The third kappa shape index (κ3) is 2.38. The Morgan fingerprint density at radius 2 is 2.11 bits per heavy atom. The fourth-order valence-electron chi connectivity index (χ4n) is 2.97. The van der Waals surface area contributed by atoms with Crippen molar-refractivity contribution in [1.82, 2.24) is 9.55 Å². The molecule has 1 fully saturated rings. The van der Waals surface area contributed by atoms with Crippen LogP contribution in [-0.2, 0) is 6.54 Å². The van der Waals surface area contributed by atoms with Gasteiger partial charge in [0.05, 0.1) is 16.4 Å². The molecule has 0 amide bonds. The maximum Gasteiger partial charge on any atom is 0.127 e. The molecular weight excluding hydrogens is 256 g/mol. The van der Waals surface area contributed by atoms with Crippen LogP contribution in [0.2, 0.25) is 0 Å². The zero-order chi connectivity index (χ0) is 13.6. The molecule has 102 valence electrons. The number of alkyl halides is 1. The van der Waals surface area contributed by atoms with Gasteiger partial charge in [0.15, 0.2) is 0 Å². The monoisotopic (exact) mass is 276 g/mol. The normalized spacial score (nSPS) is 18.7. The molecule has 1 aromatic heterocycles. The summed E-state index contributed by atoms with van der Waals surface area (Å²) >= 11 is 6.33. The second-order valence-electron chi connectivity index (χ2n) is 5.95. The number of aryl methyl sites for hydroxylation is 1. The minimum Gasteiger partial charge on any atom is -0.326 e. The highest BCUT2D eigenvalue weighted by Gasteiger charge is 2.29. The van der Waals surface area contributed by atoms with Gasteiger partial charge in [0.1, 0.15) is 5.82 Å². The fraction of sp³-hybridized carbons (Fsp3) is 0.562. The number of para-hydroxylation sites is 1. The lowest BCUT2D eigenvalue weighted by Crippen LogP contribution is -2.13. The summed E-state index contributed by atoms with van der Waals surface area (Å²) in [5, 5.41) is -0.0433. The molecule has 1 saturated carbocycles. The van der Waals surface area contributed by atoms with Crippen LogP contribution in [0.3, 0.4) is 0 Å². The van der Waals surface area contributed by atoms with Crippen LogP contribution in [0.5, 0.6) is 0 Å². The van der Waals surface area contributed by atoms with Gasteiger partial charge in [-0.2, -0.15) is 0 Å². The van der Waals surface area contributed by atoms with Gasteiger partial charge in [-0.15, -0.1) is 11.6 Å². The van der Waals surface area contributed by atoms with Gasteiger partial charge >= 0.3 is 0 Å². The van der Waals surface area contributed by atoms with Gasteiger partial charge in [-0.25, -0.2) is 4.98 Å². The SMILES string of the molecule is Cc1cccc2nc(C(C)Cl)n(CC(C)C3CC3)c12. The van der Waals surface area contributed by atoms with E-state index in [1.165, 1.54) is 23.9 Å². The Balaban J connectivity index is 2.09. The summed E-state index contributed by atoms with van der Waals surface area (Å²) in [6.45, 7) is 7.56. The highest BCUT2D eigenvalue weighted by atomic mass is 35.5. The first-order chi connectivity index (χ1) is 9.08. The summed E-state index contributed by atoms with van der Waals surface area (Å²) in [7, 11) is 0. The average Bonchev–Trinajstić information content (AvgIpc) is 3.13. The van der Waals surface area contributed by atoms with Gasteiger partial charge in [0, 0.05) is 6.54 Å². The maximum atomic E-state index is 6.33. The minimum atomic E-state index is -0.0433. The van der Waals surface area contributed by atoms with E-state index in [1.807, 2.05) is 6.92 Å². The second kappa shape index (κ2) is 4.82. The number of imidazole rings is 1. The summed E-state index contributed by atoms with van der Waals surface area (Å²) in [4.78, 5) is 4.74. The molecule has 1 aliphatic rings. The molecule has 2 atom stereocenters. The molecule has 1 heterocycles. The number of halogens is 1. The van der Waals surface area contributed by atoms with Gasteiger partial charge in [-0.3, -0.25) is 0 Å². The van der Waals surface area contributed by atoms with E-state index in [1.54, 1.807) is 0 Å². The van der Waals surface area contributed by atoms with Crippen molar-refractivity contribution in [2.75, 3.05) is 0 Å². The minimum absolute atomic E-state index is 0.0433. The van der Waals surface area contributed by atoms with Crippen molar-refractivity contribution < 1.29 is 0 Å². The quantitative estimate of drug-likeness (QED) is 0.741. The topological polar surface area (TPSA) is 17.8 Å². The number of fused-ring (bicyclic) bond motifs is 1. The molecule has 0 bridgehead atoms. The molecule has 0 radical (unpaired) electrons. The van der Waals surface area contributed by atoms with E-state index in [2.05, 4.69) is 36.6 Å². The van der Waals surface area contributed by atoms with Crippen molar-refractivity contribution in [3.05, 3.63) is 29.6 Å². The molecule has 0 N–H and O–H groups in total. The number of hydrogen-bond donors (Lipinski definition) is 0. The summed E-state index contributed by atoms with van der Waals surface area (Å²) in [5.74, 6) is 2.63. The van der Waals surface area contributed by atoms with Crippen molar-refractivity contribution in [2.24, 2.45) is 11.8 Å². The zero-order valence-corrected chi connectivity index (χ0v) is 12.6. The number of hydrogen-bond acceptors (Lipinski definition) is 1. The van der Waals surface area contributed by atoms with Gasteiger partial charge in [0.2, 0.25) is 0 Å². The van der Waals surface area contributed by atoms with Crippen molar-refractivity contribution in [2.45, 2.75) is 45.5 Å². The molecule has 2 aromatic rings. The number of benzene rings is 1.